The van der Waals surface area contributed by atoms with Gasteiger partial charge >= 0.3 is 0 Å². The molecule has 1 aromatic heterocycles. The van der Waals surface area contributed by atoms with Crippen LogP contribution in [0.25, 0.3) is 0 Å². The number of nitrogens with one attached hydrogen (secondary N) is 1. The van der Waals surface area contributed by atoms with E-state index in [1.807, 2.05) is 13.8 Å². The van der Waals surface area contributed by atoms with Crippen molar-refractivity contribution >= 4 is 17.4 Å². The van der Waals surface area contributed by atoms with Gasteiger partial charge in [0.1, 0.15) is 11.7 Å². The molecule has 0 fully saturated rings. The third-order valence-electron chi connectivity index (χ3n) is 2.98. The molecule has 0 aliphatic heterocycles. The number of rotatable bonds is 3. The van der Waals surface area contributed by atoms with Crippen molar-refractivity contribution in [1.82, 2.24) is 9.78 Å². The van der Waals surface area contributed by atoms with Gasteiger partial charge in [0, 0.05) is 5.56 Å². The molecular formula is C13H14ClFN4. The summed E-state index contributed by atoms with van der Waals surface area (Å²) in [6.07, 6.45) is 0. The molecule has 0 saturated heterocycles. The molecule has 1 aromatic carbocycles. The molecule has 0 unspecified atom stereocenters. The van der Waals surface area contributed by atoms with Gasteiger partial charge in [-0.05, 0) is 31.5 Å². The van der Waals surface area contributed by atoms with Gasteiger partial charge in [-0.2, -0.15) is 5.10 Å². The summed E-state index contributed by atoms with van der Waals surface area (Å²) in [5.41, 5.74) is 8.15. The molecule has 0 saturated carbocycles. The van der Waals surface area contributed by atoms with Crippen LogP contribution in [0, 0.1) is 25.1 Å². The lowest BCUT2D eigenvalue weighted by atomic mass is 10.1. The minimum atomic E-state index is -0.416. The van der Waals surface area contributed by atoms with E-state index in [-0.39, 0.29) is 5.84 Å². The van der Waals surface area contributed by atoms with Gasteiger partial charge in [-0.3, -0.25) is 10.1 Å². The van der Waals surface area contributed by atoms with Crippen molar-refractivity contribution in [3.8, 4) is 0 Å². The Bertz CT molecular complexity index is 648. The number of nitrogens with two attached hydrogens (primary N) is 1. The molecule has 0 spiro atoms. The van der Waals surface area contributed by atoms with Crippen LogP contribution in [0.2, 0.25) is 5.02 Å². The van der Waals surface area contributed by atoms with Crippen LogP contribution in [0.4, 0.5) is 4.39 Å². The van der Waals surface area contributed by atoms with Crippen LogP contribution in [0.15, 0.2) is 18.2 Å². The number of aromatic nitrogens is 2. The number of nitrogen functional groups attached to an aromatic ring is 1. The number of benzene rings is 1. The van der Waals surface area contributed by atoms with E-state index >= 15 is 0 Å². The van der Waals surface area contributed by atoms with Gasteiger partial charge in [-0.1, -0.05) is 17.7 Å². The molecule has 0 aliphatic carbocycles. The number of hydrogen-bond donors (Lipinski definition) is 2. The second kappa shape index (κ2) is 5.01. The van der Waals surface area contributed by atoms with E-state index < -0.39 is 5.82 Å². The fourth-order valence-electron chi connectivity index (χ4n) is 1.93. The van der Waals surface area contributed by atoms with Crippen LogP contribution < -0.4 is 5.73 Å². The predicted octanol–water partition coefficient (Wildman–Crippen LogP) is 2.62. The molecule has 4 nitrogen and oxygen atoms in total. The van der Waals surface area contributed by atoms with Crippen LogP contribution >= 0.6 is 11.6 Å². The van der Waals surface area contributed by atoms with Crippen molar-refractivity contribution in [3.63, 3.8) is 0 Å². The Morgan fingerprint density at radius 3 is 2.68 bits per heavy atom. The number of nitrogens with zero attached hydrogens (tertiary/aromatic N) is 2. The van der Waals surface area contributed by atoms with Crippen LogP contribution in [0.5, 0.6) is 0 Å². The maximum absolute atomic E-state index is 13.2. The fourth-order valence-corrected chi connectivity index (χ4v) is 2.06. The van der Waals surface area contributed by atoms with Gasteiger partial charge in [0.05, 0.1) is 23.0 Å². The monoisotopic (exact) mass is 280 g/mol. The first kappa shape index (κ1) is 13.5. The van der Waals surface area contributed by atoms with Crippen molar-refractivity contribution in [2.45, 2.75) is 20.4 Å². The van der Waals surface area contributed by atoms with E-state index in [0.717, 1.165) is 17.0 Å². The van der Waals surface area contributed by atoms with Gasteiger partial charge in [-0.25, -0.2) is 4.39 Å². The smallest absolute Gasteiger partial charge is 0.123 e. The number of hydrogen-bond acceptors (Lipinski definition) is 2. The lowest BCUT2D eigenvalue weighted by Crippen LogP contribution is -2.16. The summed E-state index contributed by atoms with van der Waals surface area (Å²) in [4.78, 5) is 0. The largest absolute Gasteiger partial charge is 0.384 e. The quantitative estimate of drug-likeness (QED) is 0.670. The minimum absolute atomic E-state index is 0.165. The minimum Gasteiger partial charge on any atom is -0.384 e. The Morgan fingerprint density at radius 1 is 1.47 bits per heavy atom. The molecule has 19 heavy (non-hydrogen) atoms. The lowest BCUT2D eigenvalue weighted by molar-refractivity contribution is 0.621. The molecule has 0 radical (unpaired) electrons. The fraction of sp³-hybridized carbons (Fsp3) is 0.231. The standard InChI is InChI=1S/C13H14ClFN4/c1-7-12(14)8(2)19(18-7)6-9-3-4-10(15)5-11(9)13(16)17/h3-5H,6H2,1-2H3,(H3,16,17). The Balaban J connectivity index is 2.43. The average Bonchev–Trinajstić information content (AvgIpc) is 2.59. The zero-order chi connectivity index (χ0) is 14.2. The van der Waals surface area contributed by atoms with E-state index in [1.54, 1.807) is 10.7 Å². The maximum Gasteiger partial charge on any atom is 0.123 e. The number of halogens is 2. The van der Waals surface area contributed by atoms with E-state index in [2.05, 4.69) is 5.10 Å². The molecule has 2 aromatic rings. The normalized spacial score (nSPS) is 10.7. The topological polar surface area (TPSA) is 67.7 Å². The highest BCUT2D eigenvalue weighted by atomic mass is 35.5. The number of amidine groups is 1. The van der Waals surface area contributed by atoms with Crippen molar-refractivity contribution in [2.75, 3.05) is 0 Å². The van der Waals surface area contributed by atoms with Crippen LogP contribution in [0.1, 0.15) is 22.5 Å². The number of aryl methyl sites for hydroxylation is 1. The summed E-state index contributed by atoms with van der Waals surface area (Å²) in [7, 11) is 0. The summed E-state index contributed by atoms with van der Waals surface area (Å²) in [6.45, 7) is 4.08. The molecule has 3 N–H and O–H groups in total. The van der Waals surface area contributed by atoms with Gasteiger partial charge < -0.3 is 5.73 Å². The lowest BCUT2D eigenvalue weighted by Gasteiger charge is -2.10. The molecule has 6 heteroatoms. The van der Waals surface area contributed by atoms with Crippen LogP contribution in [-0.2, 0) is 6.54 Å². The van der Waals surface area contributed by atoms with E-state index in [0.29, 0.717) is 17.1 Å². The summed E-state index contributed by atoms with van der Waals surface area (Å²) < 4.78 is 14.9. The summed E-state index contributed by atoms with van der Waals surface area (Å²) in [5, 5.41) is 12.4. The highest BCUT2D eigenvalue weighted by Gasteiger charge is 2.12. The second-order valence-electron chi connectivity index (χ2n) is 4.36. The average molecular weight is 281 g/mol. The van der Waals surface area contributed by atoms with Crippen LogP contribution in [-0.4, -0.2) is 15.6 Å². The zero-order valence-corrected chi connectivity index (χ0v) is 11.4. The van der Waals surface area contributed by atoms with Gasteiger partial charge in [0.25, 0.3) is 0 Å². The van der Waals surface area contributed by atoms with Crippen LogP contribution in [0.3, 0.4) is 0 Å². The first-order valence-electron chi connectivity index (χ1n) is 5.72. The molecule has 0 bridgehead atoms. The van der Waals surface area contributed by atoms with Crippen molar-refractivity contribution in [1.29, 1.82) is 5.41 Å². The Kier molecular flexibility index (Phi) is 3.57. The highest BCUT2D eigenvalue weighted by molar-refractivity contribution is 6.31. The summed E-state index contributed by atoms with van der Waals surface area (Å²) in [6, 6.07) is 4.20. The van der Waals surface area contributed by atoms with E-state index in [1.165, 1.54) is 12.1 Å². The van der Waals surface area contributed by atoms with Crippen molar-refractivity contribution < 1.29 is 4.39 Å². The van der Waals surface area contributed by atoms with E-state index in [4.69, 9.17) is 22.7 Å². The zero-order valence-electron chi connectivity index (χ0n) is 10.7. The SMILES string of the molecule is Cc1nn(Cc2ccc(F)cc2C(=N)N)c(C)c1Cl. The summed E-state index contributed by atoms with van der Waals surface area (Å²) >= 11 is 6.08. The maximum atomic E-state index is 13.2. The molecule has 0 amide bonds. The predicted molar refractivity (Wildman–Crippen MR) is 73.2 cm³/mol. The molecule has 0 atom stereocenters. The molecule has 0 aliphatic rings. The third kappa shape index (κ3) is 2.61. The second-order valence-corrected chi connectivity index (χ2v) is 4.74. The third-order valence-corrected chi connectivity index (χ3v) is 3.52. The molecule has 100 valence electrons. The summed E-state index contributed by atoms with van der Waals surface area (Å²) in [5.74, 6) is -0.581. The Morgan fingerprint density at radius 2 is 2.16 bits per heavy atom. The molecule has 1 heterocycles. The molecule has 2 rings (SSSR count). The van der Waals surface area contributed by atoms with Crippen molar-refractivity contribution in [2.24, 2.45) is 5.73 Å². The first-order valence-corrected chi connectivity index (χ1v) is 6.10. The van der Waals surface area contributed by atoms with Gasteiger partial charge in [0.15, 0.2) is 0 Å². The Labute approximate surface area is 115 Å². The highest BCUT2D eigenvalue weighted by Crippen LogP contribution is 2.21. The van der Waals surface area contributed by atoms with Gasteiger partial charge in [-0.15, -0.1) is 0 Å². The molecular weight excluding hydrogens is 267 g/mol. The Hall–Kier alpha value is -1.88. The van der Waals surface area contributed by atoms with Gasteiger partial charge in [0.2, 0.25) is 0 Å². The van der Waals surface area contributed by atoms with Crippen molar-refractivity contribution in [3.05, 3.63) is 51.6 Å². The van der Waals surface area contributed by atoms with E-state index in [9.17, 15) is 4.39 Å². The first-order chi connectivity index (χ1) is 8.90.